The van der Waals surface area contributed by atoms with Crippen molar-refractivity contribution in [1.29, 1.82) is 0 Å². The number of rotatable bonds is 3. The highest BCUT2D eigenvalue weighted by Gasteiger charge is 2.14. The van der Waals surface area contributed by atoms with Gasteiger partial charge in [-0.05, 0) is 65.1 Å². The normalized spacial score (nSPS) is 9.95. The molecule has 0 fully saturated rings. The van der Waals surface area contributed by atoms with Gasteiger partial charge in [0.2, 0.25) is 0 Å². The summed E-state index contributed by atoms with van der Waals surface area (Å²) in [5.41, 5.74) is 2.10. The maximum absolute atomic E-state index is 11.9. The molecular formula is C16H16IN3O2. The minimum absolute atomic E-state index is 0.578. The van der Waals surface area contributed by atoms with Gasteiger partial charge in [0.25, 0.3) is 0 Å². The second-order valence-corrected chi connectivity index (χ2v) is 6.11. The third kappa shape index (κ3) is 4.45. The van der Waals surface area contributed by atoms with Crippen LogP contribution in [0.1, 0.15) is 0 Å². The smallest absolute Gasteiger partial charge is 0.314 e. The minimum Gasteiger partial charge on any atom is -0.378 e. The quantitative estimate of drug-likeness (QED) is 0.606. The molecule has 0 spiro atoms. The number of benzene rings is 2. The van der Waals surface area contributed by atoms with Crippen molar-refractivity contribution in [2.45, 2.75) is 0 Å². The first kappa shape index (κ1) is 16.3. The lowest BCUT2D eigenvalue weighted by molar-refractivity contribution is -0.132. The van der Waals surface area contributed by atoms with Gasteiger partial charge in [-0.15, -0.1) is 0 Å². The molecule has 0 aromatic heterocycles. The van der Waals surface area contributed by atoms with Gasteiger partial charge in [-0.25, -0.2) is 0 Å². The average molecular weight is 409 g/mol. The van der Waals surface area contributed by atoms with Gasteiger partial charge in [-0.2, -0.15) is 0 Å². The van der Waals surface area contributed by atoms with Crippen LogP contribution in [0.25, 0.3) is 0 Å². The number of nitrogens with one attached hydrogen (secondary N) is 2. The van der Waals surface area contributed by atoms with Gasteiger partial charge in [-0.1, -0.05) is 6.07 Å². The van der Waals surface area contributed by atoms with Crippen molar-refractivity contribution in [3.8, 4) is 0 Å². The van der Waals surface area contributed by atoms with E-state index in [4.69, 9.17) is 0 Å². The highest BCUT2D eigenvalue weighted by Crippen LogP contribution is 2.17. The molecule has 2 aromatic carbocycles. The molecule has 0 bridgehead atoms. The van der Waals surface area contributed by atoms with Crippen LogP contribution >= 0.6 is 22.6 Å². The van der Waals surface area contributed by atoms with E-state index in [1.807, 2.05) is 43.3 Å². The van der Waals surface area contributed by atoms with Crippen molar-refractivity contribution in [2.24, 2.45) is 0 Å². The summed E-state index contributed by atoms with van der Waals surface area (Å²) in [5.74, 6) is -1.40. The summed E-state index contributed by atoms with van der Waals surface area (Å²) in [6, 6.07) is 14.5. The number of hydrogen-bond acceptors (Lipinski definition) is 3. The summed E-state index contributed by atoms with van der Waals surface area (Å²) in [6.45, 7) is 0. The van der Waals surface area contributed by atoms with E-state index in [0.717, 1.165) is 9.26 Å². The lowest BCUT2D eigenvalue weighted by Crippen LogP contribution is -2.29. The molecule has 0 aliphatic heterocycles. The monoisotopic (exact) mass is 409 g/mol. The zero-order chi connectivity index (χ0) is 16.1. The van der Waals surface area contributed by atoms with E-state index in [-0.39, 0.29) is 0 Å². The Bertz CT molecular complexity index is 684. The summed E-state index contributed by atoms with van der Waals surface area (Å²) >= 11 is 2.17. The maximum Gasteiger partial charge on any atom is 0.314 e. The minimum atomic E-state index is -0.700. The molecule has 2 amide bonds. The van der Waals surface area contributed by atoms with Crippen LogP contribution in [0.2, 0.25) is 0 Å². The predicted octanol–water partition coefficient (Wildman–Crippen LogP) is 2.93. The van der Waals surface area contributed by atoms with Gasteiger partial charge in [0.1, 0.15) is 0 Å². The SMILES string of the molecule is CN(C)c1cccc(NC(=O)C(=O)Nc2ccc(I)cc2)c1. The van der Waals surface area contributed by atoms with Gasteiger partial charge < -0.3 is 15.5 Å². The van der Waals surface area contributed by atoms with E-state index in [1.165, 1.54) is 0 Å². The predicted molar refractivity (Wildman–Crippen MR) is 97.2 cm³/mol. The fourth-order valence-electron chi connectivity index (χ4n) is 1.77. The first-order chi connectivity index (χ1) is 10.5. The third-order valence-corrected chi connectivity index (χ3v) is 3.65. The van der Waals surface area contributed by atoms with E-state index in [9.17, 15) is 9.59 Å². The summed E-state index contributed by atoms with van der Waals surface area (Å²) in [5, 5.41) is 5.15. The highest BCUT2D eigenvalue weighted by atomic mass is 127. The zero-order valence-corrected chi connectivity index (χ0v) is 14.4. The molecule has 2 aromatic rings. The summed E-state index contributed by atoms with van der Waals surface area (Å²) < 4.78 is 1.06. The highest BCUT2D eigenvalue weighted by molar-refractivity contribution is 14.1. The third-order valence-electron chi connectivity index (χ3n) is 2.93. The second-order valence-electron chi connectivity index (χ2n) is 4.86. The van der Waals surface area contributed by atoms with Crippen molar-refractivity contribution in [2.75, 3.05) is 29.6 Å². The topological polar surface area (TPSA) is 61.4 Å². The fraction of sp³-hybridized carbons (Fsp3) is 0.125. The van der Waals surface area contributed by atoms with Crippen LogP contribution in [0.4, 0.5) is 17.1 Å². The second kappa shape index (κ2) is 7.26. The fourth-order valence-corrected chi connectivity index (χ4v) is 2.13. The van der Waals surface area contributed by atoms with Crippen molar-refractivity contribution in [3.05, 3.63) is 52.1 Å². The van der Waals surface area contributed by atoms with E-state index in [0.29, 0.717) is 11.4 Å². The van der Waals surface area contributed by atoms with Crippen LogP contribution in [0.3, 0.4) is 0 Å². The van der Waals surface area contributed by atoms with Crippen LogP contribution in [-0.4, -0.2) is 25.9 Å². The molecule has 0 saturated heterocycles. The molecular weight excluding hydrogens is 393 g/mol. The number of hydrogen-bond donors (Lipinski definition) is 2. The number of carbonyl (C=O) groups is 2. The summed E-state index contributed by atoms with van der Waals surface area (Å²) in [6.07, 6.45) is 0. The standard InChI is InChI=1S/C16H16IN3O2/c1-20(2)14-5-3-4-13(10-14)19-16(22)15(21)18-12-8-6-11(17)7-9-12/h3-10H,1-2H3,(H,18,21)(H,19,22). The molecule has 0 saturated carbocycles. The Kier molecular flexibility index (Phi) is 5.37. The van der Waals surface area contributed by atoms with Gasteiger partial charge >= 0.3 is 11.8 Å². The van der Waals surface area contributed by atoms with Crippen LogP contribution in [0, 0.1) is 3.57 Å². The number of nitrogens with zero attached hydrogens (tertiary/aromatic N) is 1. The molecule has 0 aliphatic rings. The lowest BCUT2D eigenvalue weighted by Gasteiger charge is -2.14. The van der Waals surface area contributed by atoms with E-state index in [2.05, 4.69) is 33.2 Å². The van der Waals surface area contributed by atoms with Crippen LogP contribution in [0.15, 0.2) is 48.5 Å². The van der Waals surface area contributed by atoms with Gasteiger partial charge in [-0.3, -0.25) is 9.59 Å². The molecule has 0 aliphatic carbocycles. The van der Waals surface area contributed by atoms with Gasteiger partial charge in [0, 0.05) is 34.7 Å². The molecule has 0 heterocycles. The molecule has 0 unspecified atom stereocenters. The molecule has 6 heteroatoms. The molecule has 0 radical (unpaired) electrons. The Morgan fingerprint density at radius 2 is 1.50 bits per heavy atom. The largest absolute Gasteiger partial charge is 0.378 e. The molecule has 2 N–H and O–H groups in total. The summed E-state index contributed by atoms with van der Waals surface area (Å²) in [7, 11) is 3.81. The van der Waals surface area contributed by atoms with Gasteiger partial charge in [0.05, 0.1) is 0 Å². The van der Waals surface area contributed by atoms with Crippen molar-refractivity contribution < 1.29 is 9.59 Å². The Morgan fingerprint density at radius 1 is 0.909 bits per heavy atom. The maximum atomic E-state index is 11.9. The molecule has 2 rings (SSSR count). The lowest BCUT2D eigenvalue weighted by atomic mass is 10.2. The van der Waals surface area contributed by atoms with Crippen molar-refractivity contribution >= 4 is 51.5 Å². The van der Waals surface area contributed by atoms with Crippen LogP contribution < -0.4 is 15.5 Å². The average Bonchev–Trinajstić information content (AvgIpc) is 2.49. The molecule has 114 valence electrons. The number of carbonyl (C=O) groups excluding carboxylic acids is 2. The summed E-state index contributed by atoms with van der Waals surface area (Å²) in [4.78, 5) is 25.7. The number of amides is 2. The first-order valence-electron chi connectivity index (χ1n) is 6.61. The Hall–Kier alpha value is -2.09. The van der Waals surface area contributed by atoms with Gasteiger partial charge in [0.15, 0.2) is 0 Å². The van der Waals surface area contributed by atoms with Crippen molar-refractivity contribution in [1.82, 2.24) is 0 Å². The Morgan fingerprint density at radius 3 is 2.09 bits per heavy atom. The van der Waals surface area contributed by atoms with Crippen LogP contribution in [0.5, 0.6) is 0 Å². The van der Waals surface area contributed by atoms with Crippen LogP contribution in [-0.2, 0) is 9.59 Å². The van der Waals surface area contributed by atoms with E-state index >= 15 is 0 Å². The zero-order valence-electron chi connectivity index (χ0n) is 12.3. The number of halogens is 1. The van der Waals surface area contributed by atoms with Crippen molar-refractivity contribution in [3.63, 3.8) is 0 Å². The first-order valence-corrected chi connectivity index (χ1v) is 7.69. The van der Waals surface area contributed by atoms with E-state index < -0.39 is 11.8 Å². The molecule has 0 atom stereocenters. The Balaban J connectivity index is 2.00. The number of anilines is 3. The molecule has 22 heavy (non-hydrogen) atoms. The molecule has 5 nitrogen and oxygen atoms in total. The van der Waals surface area contributed by atoms with E-state index in [1.54, 1.807) is 24.3 Å². The Labute approximate surface area is 142 Å².